The molecule has 6 heteroatoms. The van der Waals surface area contributed by atoms with Crippen LogP contribution in [-0.2, 0) is 22.4 Å². The molecular formula is C22H20N4O2. The number of nitrogens with one attached hydrogen (secondary N) is 4. The number of aromatic nitrogens is 2. The van der Waals surface area contributed by atoms with Gasteiger partial charge in [0.1, 0.15) is 12.1 Å². The number of hydrogen-bond donors (Lipinski definition) is 4. The summed E-state index contributed by atoms with van der Waals surface area (Å²) in [5, 5.41) is 7.94. The zero-order chi connectivity index (χ0) is 19.1. The summed E-state index contributed by atoms with van der Waals surface area (Å²) in [5.41, 5.74) is 3.90. The molecule has 1 aliphatic heterocycles. The number of hydrogen-bond acceptors (Lipinski definition) is 2. The summed E-state index contributed by atoms with van der Waals surface area (Å²) < 4.78 is 0. The summed E-state index contributed by atoms with van der Waals surface area (Å²) >= 11 is 0. The maximum Gasteiger partial charge on any atom is 0.243 e. The molecule has 0 unspecified atom stereocenters. The third kappa shape index (κ3) is 3.03. The quantitative estimate of drug-likeness (QED) is 0.443. The van der Waals surface area contributed by atoms with Gasteiger partial charge in [0.05, 0.1) is 0 Å². The maximum atomic E-state index is 12.6. The van der Waals surface area contributed by atoms with Gasteiger partial charge in [-0.15, -0.1) is 0 Å². The average molecular weight is 372 g/mol. The first-order valence-electron chi connectivity index (χ1n) is 9.40. The van der Waals surface area contributed by atoms with Crippen LogP contribution in [-0.4, -0.2) is 33.9 Å². The highest BCUT2D eigenvalue weighted by Gasteiger charge is 2.34. The molecule has 0 radical (unpaired) electrons. The molecule has 0 bridgehead atoms. The van der Waals surface area contributed by atoms with Crippen molar-refractivity contribution in [1.29, 1.82) is 0 Å². The van der Waals surface area contributed by atoms with Crippen LogP contribution in [0, 0.1) is 0 Å². The highest BCUT2D eigenvalue weighted by Crippen LogP contribution is 2.18. The van der Waals surface area contributed by atoms with Crippen molar-refractivity contribution < 1.29 is 9.59 Å². The molecule has 2 aromatic heterocycles. The van der Waals surface area contributed by atoms with Crippen molar-refractivity contribution in [2.75, 3.05) is 0 Å². The van der Waals surface area contributed by atoms with Crippen molar-refractivity contribution in [3.8, 4) is 0 Å². The largest absolute Gasteiger partial charge is 0.358 e. The van der Waals surface area contributed by atoms with Crippen LogP contribution in [0.5, 0.6) is 0 Å². The number of amides is 2. The fraction of sp³-hybridized carbons (Fsp3) is 0.182. The Morgan fingerprint density at radius 1 is 0.643 bits per heavy atom. The second-order valence-electron chi connectivity index (χ2n) is 7.29. The number of aromatic amines is 2. The highest BCUT2D eigenvalue weighted by atomic mass is 16.2. The number of rotatable bonds is 4. The van der Waals surface area contributed by atoms with Crippen molar-refractivity contribution in [1.82, 2.24) is 20.6 Å². The van der Waals surface area contributed by atoms with E-state index in [4.69, 9.17) is 0 Å². The van der Waals surface area contributed by atoms with Crippen LogP contribution in [0.25, 0.3) is 21.8 Å². The summed E-state index contributed by atoms with van der Waals surface area (Å²) in [6.45, 7) is 0. The van der Waals surface area contributed by atoms with Crippen LogP contribution >= 0.6 is 0 Å². The first kappa shape index (κ1) is 16.6. The highest BCUT2D eigenvalue weighted by molar-refractivity contribution is 5.97. The Morgan fingerprint density at radius 2 is 1.07 bits per heavy atom. The monoisotopic (exact) mass is 372 g/mol. The number of para-hydroxylation sites is 2. The molecule has 0 spiro atoms. The van der Waals surface area contributed by atoms with Crippen molar-refractivity contribution in [2.45, 2.75) is 24.9 Å². The van der Waals surface area contributed by atoms with Gasteiger partial charge >= 0.3 is 0 Å². The van der Waals surface area contributed by atoms with E-state index in [-0.39, 0.29) is 11.8 Å². The molecule has 2 aromatic carbocycles. The average Bonchev–Trinajstić information content (AvgIpc) is 3.28. The fourth-order valence-electron chi connectivity index (χ4n) is 3.89. The Balaban J connectivity index is 1.29. The van der Waals surface area contributed by atoms with E-state index in [9.17, 15) is 9.59 Å². The number of piperazine rings is 1. The van der Waals surface area contributed by atoms with Gasteiger partial charge in [-0.2, -0.15) is 0 Å². The minimum absolute atomic E-state index is 0.153. The van der Waals surface area contributed by atoms with Crippen LogP contribution < -0.4 is 10.6 Å². The Labute approximate surface area is 161 Å². The lowest BCUT2D eigenvalue weighted by atomic mass is 10.0. The van der Waals surface area contributed by atoms with E-state index in [1.54, 1.807) is 0 Å². The molecule has 1 saturated heterocycles. The van der Waals surface area contributed by atoms with Crippen molar-refractivity contribution in [3.63, 3.8) is 0 Å². The smallest absolute Gasteiger partial charge is 0.243 e. The molecular weight excluding hydrogens is 352 g/mol. The molecule has 140 valence electrons. The van der Waals surface area contributed by atoms with E-state index in [1.807, 2.05) is 60.7 Å². The van der Waals surface area contributed by atoms with Crippen LogP contribution in [0.15, 0.2) is 60.7 Å². The molecule has 2 amide bonds. The predicted octanol–water partition coefficient (Wildman–Crippen LogP) is 2.42. The van der Waals surface area contributed by atoms with E-state index in [2.05, 4.69) is 20.6 Å². The van der Waals surface area contributed by atoms with Gasteiger partial charge in [-0.1, -0.05) is 36.4 Å². The normalized spacial score (nSPS) is 19.7. The van der Waals surface area contributed by atoms with Gasteiger partial charge in [0, 0.05) is 35.3 Å². The van der Waals surface area contributed by atoms with E-state index in [1.165, 1.54) is 0 Å². The second kappa shape index (κ2) is 6.56. The van der Waals surface area contributed by atoms with Gasteiger partial charge < -0.3 is 20.6 Å². The minimum Gasteiger partial charge on any atom is -0.358 e. The van der Waals surface area contributed by atoms with Crippen LogP contribution in [0.4, 0.5) is 0 Å². The van der Waals surface area contributed by atoms with E-state index in [0.29, 0.717) is 12.8 Å². The molecule has 0 saturated carbocycles. The van der Waals surface area contributed by atoms with Gasteiger partial charge in [0.15, 0.2) is 0 Å². The second-order valence-corrected chi connectivity index (χ2v) is 7.29. The summed E-state index contributed by atoms with van der Waals surface area (Å²) in [5.74, 6) is -0.307. The maximum absolute atomic E-state index is 12.6. The van der Waals surface area contributed by atoms with Gasteiger partial charge in [-0.25, -0.2) is 0 Å². The van der Waals surface area contributed by atoms with Gasteiger partial charge in [-0.05, 0) is 35.0 Å². The Kier molecular flexibility index (Phi) is 3.90. The molecule has 28 heavy (non-hydrogen) atoms. The van der Waals surface area contributed by atoms with Crippen molar-refractivity contribution >= 4 is 33.6 Å². The van der Waals surface area contributed by atoms with Crippen LogP contribution in [0.2, 0.25) is 0 Å². The van der Waals surface area contributed by atoms with Crippen molar-refractivity contribution in [2.24, 2.45) is 0 Å². The summed E-state index contributed by atoms with van der Waals surface area (Å²) in [4.78, 5) is 31.8. The molecule has 3 heterocycles. The van der Waals surface area contributed by atoms with Gasteiger partial charge in [-0.3, -0.25) is 9.59 Å². The van der Waals surface area contributed by atoms with E-state index >= 15 is 0 Å². The standard InChI is InChI=1S/C22H20N4O2/c27-21-19(11-15-9-13-5-1-3-7-17(13)23-15)25-22(28)20(26-21)12-16-10-14-6-2-4-8-18(14)24-16/h1-10,19-20,23-24H,11-12H2,(H,25,28)(H,26,27)/t19-,20-/m0/s1. The lowest BCUT2D eigenvalue weighted by Crippen LogP contribution is -2.62. The molecule has 5 rings (SSSR count). The molecule has 1 fully saturated rings. The number of carbonyl (C=O) groups excluding carboxylic acids is 2. The first-order chi connectivity index (χ1) is 13.7. The van der Waals surface area contributed by atoms with E-state index in [0.717, 1.165) is 33.2 Å². The summed E-state index contributed by atoms with van der Waals surface area (Å²) in [7, 11) is 0. The predicted molar refractivity (Wildman–Crippen MR) is 108 cm³/mol. The Morgan fingerprint density at radius 3 is 1.50 bits per heavy atom. The molecule has 2 atom stereocenters. The molecule has 4 N–H and O–H groups in total. The fourth-order valence-corrected chi connectivity index (χ4v) is 3.89. The molecule has 6 nitrogen and oxygen atoms in total. The number of H-pyrrole nitrogens is 2. The van der Waals surface area contributed by atoms with Crippen LogP contribution in [0.3, 0.4) is 0 Å². The Hall–Kier alpha value is -3.54. The number of benzene rings is 2. The van der Waals surface area contributed by atoms with Gasteiger partial charge in [0.2, 0.25) is 11.8 Å². The zero-order valence-corrected chi connectivity index (χ0v) is 15.2. The molecule has 0 aliphatic carbocycles. The molecule has 4 aromatic rings. The van der Waals surface area contributed by atoms with Crippen molar-refractivity contribution in [3.05, 3.63) is 72.1 Å². The zero-order valence-electron chi connectivity index (χ0n) is 15.2. The lowest BCUT2D eigenvalue weighted by molar-refractivity contribution is -0.136. The lowest BCUT2D eigenvalue weighted by Gasteiger charge is -2.29. The van der Waals surface area contributed by atoms with Crippen LogP contribution in [0.1, 0.15) is 11.4 Å². The SMILES string of the molecule is O=C1N[C@@H](Cc2cc3ccccc3[nH]2)C(=O)N[C@H]1Cc1cc2ccccc2[nH]1. The Bertz CT molecular complexity index is 1030. The van der Waals surface area contributed by atoms with E-state index < -0.39 is 12.1 Å². The minimum atomic E-state index is -0.570. The third-order valence-corrected chi connectivity index (χ3v) is 5.29. The first-order valence-corrected chi connectivity index (χ1v) is 9.40. The van der Waals surface area contributed by atoms with Gasteiger partial charge in [0.25, 0.3) is 0 Å². The third-order valence-electron chi connectivity index (χ3n) is 5.29. The topological polar surface area (TPSA) is 89.8 Å². The summed E-state index contributed by atoms with van der Waals surface area (Å²) in [6.07, 6.45) is 0.872. The summed E-state index contributed by atoms with van der Waals surface area (Å²) in [6, 6.07) is 18.8. The number of carbonyl (C=O) groups is 2. The molecule has 1 aliphatic rings. The number of fused-ring (bicyclic) bond motifs is 2.